The number of aryl methyl sites for hydroxylation is 1. The van der Waals surface area contributed by atoms with E-state index in [1.807, 2.05) is 37.4 Å². The van der Waals surface area contributed by atoms with Gasteiger partial charge in [0.1, 0.15) is 0 Å². The van der Waals surface area contributed by atoms with Crippen LogP contribution in [0.5, 0.6) is 0 Å². The molecule has 3 rings (SSSR count). The lowest BCUT2D eigenvalue weighted by atomic mass is 10.2. The fraction of sp³-hybridized carbons (Fsp3) is 0.294. The molecule has 0 spiro atoms. The third-order valence-electron chi connectivity index (χ3n) is 3.57. The maximum absolute atomic E-state index is 12.5. The first kappa shape index (κ1) is 17.6. The van der Waals surface area contributed by atoms with Crippen LogP contribution in [0.25, 0.3) is 10.9 Å². The highest BCUT2D eigenvalue weighted by Gasteiger charge is 2.11. The zero-order valence-corrected chi connectivity index (χ0v) is 15.6. The fourth-order valence-corrected chi connectivity index (χ4v) is 4.07. The van der Waals surface area contributed by atoms with Crippen molar-refractivity contribution >= 4 is 45.0 Å². The van der Waals surface area contributed by atoms with Crippen LogP contribution in [0.3, 0.4) is 0 Å². The Morgan fingerprint density at radius 3 is 2.84 bits per heavy atom. The molecule has 0 radical (unpaired) electrons. The summed E-state index contributed by atoms with van der Waals surface area (Å²) in [5.74, 6) is 0.453. The van der Waals surface area contributed by atoms with E-state index < -0.39 is 0 Å². The first-order valence-electron chi connectivity index (χ1n) is 7.93. The van der Waals surface area contributed by atoms with E-state index in [9.17, 15) is 9.59 Å². The van der Waals surface area contributed by atoms with Crippen molar-refractivity contribution in [2.24, 2.45) is 0 Å². The van der Waals surface area contributed by atoms with Gasteiger partial charge in [-0.3, -0.25) is 14.2 Å². The predicted molar refractivity (Wildman–Crippen MR) is 102 cm³/mol. The number of thioether (sulfide) groups is 1. The number of para-hydroxylation sites is 1. The summed E-state index contributed by atoms with van der Waals surface area (Å²) in [4.78, 5) is 33.3. The fourth-order valence-electron chi connectivity index (χ4n) is 2.36. The highest BCUT2D eigenvalue weighted by atomic mass is 32.2. The molecule has 0 fully saturated rings. The predicted octanol–water partition coefficient (Wildman–Crippen LogP) is 3.30. The number of fused-ring (bicyclic) bond motifs is 1. The Morgan fingerprint density at radius 2 is 2.12 bits per heavy atom. The number of thiazole rings is 1. The van der Waals surface area contributed by atoms with Crippen molar-refractivity contribution in [1.82, 2.24) is 14.5 Å². The highest BCUT2D eigenvalue weighted by Crippen LogP contribution is 2.19. The SMILES string of the molecule is CCn1c(SCCC(=O)Nc2nc(C)cs2)nc2ccccc2c1=O. The molecule has 3 aromatic rings. The topological polar surface area (TPSA) is 76.9 Å². The third-order valence-corrected chi connectivity index (χ3v) is 5.42. The average molecular weight is 374 g/mol. The summed E-state index contributed by atoms with van der Waals surface area (Å²) >= 11 is 2.83. The maximum atomic E-state index is 12.5. The van der Waals surface area contributed by atoms with Crippen LogP contribution in [0, 0.1) is 6.92 Å². The van der Waals surface area contributed by atoms with E-state index in [2.05, 4.69) is 15.3 Å². The van der Waals surface area contributed by atoms with Crippen molar-refractivity contribution in [3.05, 3.63) is 45.7 Å². The number of carbonyl (C=O) groups excluding carboxylic acids is 1. The first-order valence-corrected chi connectivity index (χ1v) is 9.79. The smallest absolute Gasteiger partial charge is 0.262 e. The van der Waals surface area contributed by atoms with Crippen LogP contribution in [0.1, 0.15) is 19.0 Å². The van der Waals surface area contributed by atoms with E-state index in [0.717, 1.165) is 5.69 Å². The molecule has 0 atom stereocenters. The molecule has 1 N–H and O–H groups in total. The van der Waals surface area contributed by atoms with Crippen LogP contribution in [-0.4, -0.2) is 26.2 Å². The Labute approximate surface area is 153 Å². The van der Waals surface area contributed by atoms with Gasteiger partial charge in [-0.2, -0.15) is 0 Å². The van der Waals surface area contributed by atoms with E-state index in [1.165, 1.54) is 23.1 Å². The number of anilines is 1. The van der Waals surface area contributed by atoms with Gasteiger partial charge in [-0.25, -0.2) is 9.97 Å². The quantitative estimate of drug-likeness (QED) is 0.529. The summed E-state index contributed by atoms with van der Waals surface area (Å²) in [7, 11) is 0. The Hall–Kier alpha value is -2.19. The third kappa shape index (κ3) is 4.08. The molecule has 2 heterocycles. The van der Waals surface area contributed by atoms with E-state index in [0.29, 0.717) is 39.9 Å². The van der Waals surface area contributed by atoms with E-state index in [1.54, 1.807) is 10.6 Å². The van der Waals surface area contributed by atoms with Crippen LogP contribution in [0.15, 0.2) is 39.6 Å². The van der Waals surface area contributed by atoms with Crippen LogP contribution in [0.4, 0.5) is 5.13 Å². The second-order valence-electron chi connectivity index (χ2n) is 5.40. The van der Waals surface area contributed by atoms with Crippen molar-refractivity contribution in [1.29, 1.82) is 0 Å². The van der Waals surface area contributed by atoms with Crippen molar-refractivity contribution in [2.75, 3.05) is 11.1 Å². The molecule has 0 saturated heterocycles. The number of benzene rings is 1. The zero-order valence-electron chi connectivity index (χ0n) is 14.0. The van der Waals surface area contributed by atoms with Gasteiger partial charge in [-0.05, 0) is 26.0 Å². The molecule has 6 nitrogen and oxygen atoms in total. The number of nitrogens with zero attached hydrogens (tertiary/aromatic N) is 3. The van der Waals surface area contributed by atoms with Gasteiger partial charge in [0.25, 0.3) is 5.56 Å². The number of aromatic nitrogens is 3. The molecule has 0 aliphatic rings. The van der Waals surface area contributed by atoms with Crippen LogP contribution >= 0.6 is 23.1 Å². The van der Waals surface area contributed by atoms with E-state index >= 15 is 0 Å². The number of rotatable bonds is 6. The summed E-state index contributed by atoms with van der Waals surface area (Å²) in [5.41, 5.74) is 1.53. The van der Waals surface area contributed by atoms with E-state index in [4.69, 9.17) is 0 Å². The van der Waals surface area contributed by atoms with Crippen molar-refractivity contribution < 1.29 is 4.79 Å². The molecule has 25 heavy (non-hydrogen) atoms. The normalized spacial score (nSPS) is 11.0. The molecule has 8 heteroatoms. The Morgan fingerprint density at radius 1 is 1.32 bits per heavy atom. The Bertz CT molecular complexity index is 965. The Balaban J connectivity index is 1.68. The van der Waals surface area contributed by atoms with Gasteiger partial charge in [0.15, 0.2) is 10.3 Å². The van der Waals surface area contributed by atoms with Crippen molar-refractivity contribution in [3.8, 4) is 0 Å². The van der Waals surface area contributed by atoms with Crippen LogP contribution < -0.4 is 10.9 Å². The monoisotopic (exact) mass is 374 g/mol. The molecular weight excluding hydrogens is 356 g/mol. The molecule has 2 aromatic heterocycles. The summed E-state index contributed by atoms with van der Waals surface area (Å²) < 4.78 is 1.65. The molecule has 0 bridgehead atoms. The minimum absolute atomic E-state index is 0.0432. The molecule has 130 valence electrons. The number of hydrogen-bond donors (Lipinski definition) is 1. The van der Waals surface area contributed by atoms with Gasteiger partial charge >= 0.3 is 0 Å². The number of carbonyl (C=O) groups is 1. The molecule has 1 amide bonds. The summed E-state index contributed by atoms with van der Waals surface area (Å²) in [6, 6.07) is 7.32. The Kier molecular flexibility index (Phi) is 5.50. The summed E-state index contributed by atoms with van der Waals surface area (Å²) in [6.07, 6.45) is 0.329. The maximum Gasteiger partial charge on any atom is 0.262 e. The summed E-state index contributed by atoms with van der Waals surface area (Å²) in [5, 5.41) is 6.55. The molecule has 1 aromatic carbocycles. The van der Waals surface area contributed by atoms with Crippen LogP contribution in [0.2, 0.25) is 0 Å². The number of hydrogen-bond acceptors (Lipinski definition) is 6. The lowest BCUT2D eigenvalue weighted by molar-refractivity contribution is -0.115. The average Bonchev–Trinajstić information content (AvgIpc) is 3.00. The molecule has 0 aliphatic carbocycles. The van der Waals surface area contributed by atoms with Crippen LogP contribution in [-0.2, 0) is 11.3 Å². The van der Waals surface area contributed by atoms with Gasteiger partial charge in [0, 0.05) is 24.1 Å². The van der Waals surface area contributed by atoms with Gasteiger partial charge in [-0.1, -0.05) is 23.9 Å². The number of amides is 1. The van der Waals surface area contributed by atoms with E-state index in [-0.39, 0.29) is 11.5 Å². The standard InChI is InChI=1S/C17H18N4O2S2/c1-3-21-15(23)12-6-4-5-7-13(12)19-17(21)24-9-8-14(22)20-16-18-11(2)10-25-16/h4-7,10H,3,8-9H2,1-2H3,(H,18,20,22). The second kappa shape index (κ2) is 7.79. The zero-order chi connectivity index (χ0) is 17.8. The largest absolute Gasteiger partial charge is 0.302 e. The first-order chi connectivity index (χ1) is 12.1. The molecular formula is C17H18N4O2S2. The molecule has 0 saturated carbocycles. The van der Waals surface area contributed by atoms with Crippen molar-refractivity contribution in [3.63, 3.8) is 0 Å². The second-order valence-corrected chi connectivity index (χ2v) is 7.32. The molecule has 0 unspecified atom stereocenters. The summed E-state index contributed by atoms with van der Waals surface area (Å²) in [6.45, 7) is 4.35. The minimum Gasteiger partial charge on any atom is -0.302 e. The minimum atomic E-state index is -0.0898. The van der Waals surface area contributed by atoms with Gasteiger partial charge in [0.2, 0.25) is 5.91 Å². The van der Waals surface area contributed by atoms with Gasteiger partial charge < -0.3 is 5.32 Å². The number of nitrogens with one attached hydrogen (secondary N) is 1. The lowest BCUT2D eigenvalue weighted by Crippen LogP contribution is -2.22. The molecule has 0 aliphatic heterocycles. The lowest BCUT2D eigenvalue weighted by Gasteiger charge is -2.10. The highest BCUT2D eigenvalue weighted by molar-refractivity contribution is 7.99. The van der Waals surface area contributed by atoms with Crippen molar-refractivity contribution in [2.45, 2.75) is 32.0 Å². The van der Waals surface area contributed by atoms with Gasteiger partial charge in [0.05, 0.1) is 16.6 Å². The van der Waals surface area contributed by atoms with Gasteiger partial charge in [-0.15, -0.1) is 11.3 Å².